The van der Waals surface area contributed by atoms with Gasteiger partial charge in [-0.25, -0.2) is 8.42 Å². The summed E-state index contributed by atoms with van der Waals surface area (Å²) in [6.45, 7) is 3.68. The maximum Gasteiger partial charge on any atom is 0.235 e. The molecule has 1 saturated carbocycles. The number of nitrogens with one attached hydrogen (secondary N) is 1. The van der Waals surface area contributed by atoms with Gasteiger partial charge in [0.15, 0.2) is 0 Å². The topological polar surface area (TPSA) is 66.5 Å². The van der Waals surface area contributed by atoms with E-state index in [9.17, 15) is 13.2 Å². The fourth-order valence-corrected chi connectivity index (χ4v) is 3.62. The van der Waals surface area contributed by atoms with Crippen molar-refractivity contribution in [1.82, 2.24) is 9.62 Å². The average Bonchev–Trinajstić information content (AvgIpc) is 2.35. The first kappa shape index (κ1) is 16.4. The van der Waals surface area contributed by atoms with Crippen LogP contribution < -0.4 is 5.32 Å². The molecule has 19 heavy (non-hydrogen) atoms. The van der Waals surface area contributed by atoms with Gasteiger partial charge < -0.3 is 5.32 Å². The van der Waals surface area contributed by atoms with Crippen molar-refractivity contribution in [1.29, 1.82) is 0 Å². The first-order chi connectivity index (χ1) is 8.84. The van der Waals surface area contributed by atoms with Crippen LogP contribution in [0.5, 0.6) is 0 Å². The summed E-state index contributed by atoms with van der Waals surface area (Å²) in [5, 5.41) is 2.96. The Kier molecular flexibility index (Phi) is 6.26. The predicted octanol–water partition coefficient (Wildman–Crippen LogP) is 1.50. The minimum absolute atomic E-state index is 0.0651. The van der Waals surface area contributed by atoms with E-state index in [0.717, 1.165) is 31.9 Å². The molecule has 6 heteroatoms. The molecule has 0 bridgehead atoms. The van der Waals surface area contributed by atoms with Gasteiger partial charge >= 0.3 is 0 Å². The fraction of sp³-hybridized carbons (Fsp3) is 0.923. The monoisotopic (exact) mass is 290 g/mol. The Bertz CT molecular complexity index is 389. The molecule has 1 amide bonds. The third kappa shape index (κ3) is 5.48. The molecule has 1 N–H and O–H groups in total. The zero-order valence-corrected chi connectivity index (χ0v) is 13.0. The Balaban J connectivity index is 2.56. The highest BCUT2D eigenvalue weighted by molar-refractivity contribution is 7.88. The van der Waals surface area contributed by atoms with E-state index >= 15 is 0 Å². The largest absolute Gasteiger partial charge is 0.352 e. The van der Waals surface area contributed by atoms with Crippen molar-refractivity contribution in [2.45, 2.75) is 64.5 Å². The number of hydrogen-bond donors (Lipinski definition) is 1. The van der Waals surface area contributed by atoms with E-state index in [1.807, 2.05) is 13.8 Å². The molecule has 0 aromatic rings. The van der Waals surface area contributed by atoms with Gasteiger partial charge in [-0.15, -0.1) is 0 Å². The lowest BCUT2D eigenvalue weighted by atomic mass is 9.95. The van der Waals surface area contributed by atoms with E-state index in [2.05, 4.69) is 5.32 Å². The molecule has 0 aliphatic heterocycles. The lowest BCUT2D eigenvalue weighted by Gasteiger charge is -2.27. The maximum absolute atomic E-state index is 12.0. The molecule has 112 valence electrons. The second kappa shape index (κ2) is 7.24. The van der Waals surface area contributed by atoms with Crippen LogP contribution in [0.1, 0.15) is 52.4 Å². The third-order valence-electron chi connectivity index (χ3n) is 3.78. The van der Waals surface area contributed by atoms with Crippen LogP contribution in [-0.4, -0.2) is 43.5 Å². The zero-order valence-electron chi connectivity index (χ0n) is 12.2. The first-order valence-electron chi connectivity index (χ1n) is 7.10. The van der Waals surface area contributed by atoms with Crippen LogP contribution in [0.2, 0.25) is 0 Å². The summed E-state index contributed by atoms with van der Waals surface area (Å²) in [7, 11) is -3.34. The van der Waals surface area contributed by atoms with Crippen molar-refractivity contribution in [2.24, 2.45) is 0 Å². The molecule has 0 aromatic heterocycles. The van der Waals surface area contributed by atoms with Gasteiger partial charge in [-0.3, -0.25) is 4.79 Å². The molecule has 1 atom stereocenters. The molecule has 0 saturated heterocycles. The van der Waals surface area contributed by atoms with Gasteiger partial charge in [0, 0.05) is 12.1 Å². The van der Waals surface area contributed by atoms with Gasteiger partial charge in [0.05, 0.1) is 12.8 Å². The molecular weight excluding hydrogens is 264 g/mol. The minimum atomic E-state index is -3.34. The zero-order chi connectivity index (χ0) is 14.5. The number of rotatable bonds is 6. The predicted molar refractivity (Wildman–Crippen MR) is 76.3 cm³/mol. The summed E-state index contributed by atoms with van der Waals surface area (Å²) in [6, 6.07) is 0.0756. The molecule has 0 aromatic carbocycles. The normalized spacial score (nSPS) is 19.4. The van der Waals surface area contributed by atoms with Crippen molar-refractivity contribution in [3.05, 3.63) is 0 Å². The van der Waals surface area contributed by atoms with Gasteiger partial charge in [0.2, 0.25) is 15.9 Å². The number of nitrogens with zero attached hydrogens (tertiary/aromatic N) is 1. The Morgan fingerprint density at radius 2 is 1.89 bits per heavy atom. The summed E-state index contributed by atoms with van der Waals surface area (Å²) in [4.78, 5) is 12.0. The molecule has 5 nitrogen and oxygen atoms in total. The van der Waals surface area contributed by atoms with E-state index < -0.39 is 10.0 Å². The third-order valence-corrected chi connectivity index (χ3v) is 5.12. The second-order valence-electron chi connectivity index (χ2n) is 5.47. The van der Waals surface area contributed by atoms with Gasteiger partial charge in [-0.1, -0.05) is 26.2 Å². The smallest absolute Gasteiger partial charge is 0.235 e. The van der Waals surface area contributed by atoms with Gasteiger partial charge in [0.25, 0.3) is 0 Å². The molecule has 0 spiro atoms. The van der Waals surface area contributed by atoms with Crippen molar-refractivity contribution in [3.63, 3.8) is 0 Å². The number of carbonyl (C=O) groups is 1. The summed E-state index contributed by atoms with van der Waals surface area (Å²) in [6.07, 6.45) is 7.39. The highest BCUT2D eigenvalue weighted by Gasteiger charge is 2.26. The second-order valence-corrected chi connectivity index (χ2v) is 7.40. The maximum atomic E-state index is 12.0. The highest BCUT2D eigenvalue weighted by atomic mass is 32.2. The summed E-state index contributed by atoms with van der Waals surface area (Å²) in [5.74, 6) is -0.183. The van der Waals surface area contributed by atoms with Crippen LogP contribution in [0.25, 0.3) is 0 Å². The van der Waals surface area contributed by atoms with Crippen LogP contribution in [-0.2, 0) is 14.8 Å². The van der Waals surface area contributed by atoms with Crippen molar-refractivity contribution < 1.29 is 13.2 Å². The average molecular weight is 290 g/mol. The molecular formula is C13H26N2O3S. The molecule has 0 radical (unpaired) electrons. The van der Waals surface area contributed by atoms with E-state index in [-0.39, 0.29) is 24.5 Å². The number of carbonyl (C=O) groups excluding carboxylic acids is 1. The number of amides is 1. The van der Waals surface area contributed by atoms with Crippen LogP contribution in [0.15, 0.2) is 0 Å². The summed E-state index contributed by atoms with van der Waals surface area (Å²) in [5.41, 5.74) is 0. The molecule has 1 aliphatic rings. The Morgan fingerprint density at radius 3 is 2.37 bits per heavy atom. The fourth-order valence-electron chi connectivity index (χ4n) is 2.47. The van der Waals surface area contributed by atoms with Crippen molar-refractivity contribution >= 4 is 15.9 Å². The van der Waals surface area contributed by atoms with Crippen molar-refractivity contribution in [3.8, 4) is 0 Å². The van der Waals surface area contributed by atoms with Crippen LogP contribution >= 0.6 is 0 Å². The first-order valence-corrected chi connectivity index (χ1v) is 8.95. The van der Waals surface area contributed by atoms with Gasteiger partial charge in [0.1, 0.15) is 0 Å². The van der Waals surface area contributed by atoms with Crippen LogP contribution in [0.3, 0.4) is 0 Å². The standard InChI is InChI=1S/C13H26N2O3S/c1-4-11(2)15(19(3,17)18)10-13(16)14-12-8-6-5-7-9-12/h11-12H,4-10H2,1-3H3,(H,14,16). The molecule has 1 fully saturated rings. The van der Waals surface area contributed by atoms with E-state index in [1.165, 1.54) is 10.7 Å². The minimum Gasteiger partial charge on any atom is -0.352 e. The molecule has 1 rings (SSSR count). The van der Waals surface area contributed by atoms with Gasteiger partial charge in [-0.2, -0.15) is 4.31 Å². The number of hydrogen-bond acceptors (Lipinski definition) is 3. The lowest BCUT2D eigenvalue weighted by molar-refractivity contribution is -0.122. The Labute approximate surface area is 116 Å². The Hall–Kier alpha value is -0.620. The van der Waals surface area contributed by atoms with Crippen molar-refractivity contribution in [2.75, 3.05) is 12.8 Å². The quantitative estimate of drug-likeness (QED) is 0.806. The van der Waals surface area contributed by atoms with E-state index in [1.54, 1.807) is 0 Å². The lowest BCUT2D eigenvalue weighted by Crippen LogP contribution is -2.47. The van der Waals surface area contributed by atoms with Crippen LogP contribution in [0, 0.1) is 0 Å². The van der Waals surface area contributed by atoms with E-state index in [4.69, 9.17) is 0 Å². The molecule has 1 unspecified atom stereocenters. The highest BCUT2D eigenvalue weighted by Crippen LogP contribution is 2.17. The molecule has 1 aliphatic carbocycles. The van der Waals surface area contributed by atoms with Gasteiger partial charge in [-0.05, 0) is 26.2 Å². The summed E-state index contributed by atoms with van der Waals surface area (Å²) < 4.78 is 24.7. The van der Waals surface area contributed by atoms with E-state index in [0.29, 0.717) is 6.42 Å². The van der Waals surface area contributed by atoms with Crippen LogP contribution in [0.4, 0.5) is 0 Å². The SMILES string of the molecule is CCC(C)N(CC(=O)NC1CCCCC1)S(C)(=O)=O. The Morgan fingerprint density at radius 1 is 1.32 bits per heavy atom. The summed E-state index contributed by atoms with van der Waals surface area (Å²) >= 11 is 0. The number of sulfonamides is 1. The molecule has 0 heterocycles.